The van der Waals surface area contributed by atoms with Crippen LogP contribution in [-0.2, 0) is 4.79 Å². The third-order valence-electron chi connectivity index (χ3n) is 5.08. The van der Waals surface area contributed by atoms with E-state index < -0.39 is 6.10 Å². The smallest absolute Gasteiger partial charge is 0.263 e. The van der Waals surface area contributed by atoms with Crippen LogP contribution in [-0.4, -0.2) is 44.6 Å². The van der Waals surface area contributed by atoms with Crippen molar-refractivity contribution in [1.29, 1.82) is 5.26 Å². The first-order chi connectivity index (χ1) is 13.7. The van der Waals surface area contributed by atoms with Gasteiger partial charge in [0.25, 0.3) is 5.91 Å². The number of fused-ring (bicyclic) bond motifs is 1. The highest BCUT2D eigenvalue weighted by Crippen LogP contribution is 2.27. The van der Waals surface area contributed by atoms with Gasteiger partial charge in [0.15, 0.2) is 11.8 Å². The second-order valence-corrected chi connectivity index (χ2v) is 7.01. The topological polar surface area (TPSA) is 83.5 Å². The standard InChI is InChI=1S/C21H21N5O2/c1-15(28-18-9-7-16(13-22)8-10-18)21(27)25-11-4-5-17(14-25)20-24-23-19-6-2-3-12-26(19)20/h2-3,6-10,12,15,17H,4-5,11,14H2,1H3. The molecule has 142 valence electrons. The van der Waals surface area contributed by atoms with E-state index in [9.17, 15) is 4.79 Å². The van der Waals surface area contributed by atoms with Crippen molar-refractivity contribution in [1.82, 2.24) is 19.5 Å². The van der Waals surface area contributed by atoms with Crippen molar-refractivity contribution in [3.05, 3.63) is 60.0 Å². The molecule has 1 aromatic carbocycles. The lowest BCUT2D eigenvalue weighted by molar-refractivity contribution is -0.139. The summed E-state index contributed by atoms with van der Waals surface area (Å²) in [6, 6.07) is 14.7. The maximum atomic E-state index is 12.9. The highest BCUT2D eigenvalue weighted by atomic mass is 16.5. The zero-order chi connectivity index (χ0) is 19.5. The lowest BCUT2D eigenvalue weighted by atomic mass is 9.97. The fourth-order valence-electron chi connectivity index (χ4n) is 3.65. The molecule has 1 amide bonds. The lowest BCUT2D eigenvalue weighted by Crippen LogP contribution is -2.45. The van der Waals surface area contributed by atoms with Crippen LogP contribution in [0.4, 0.5) is 0 Å². The highest BCUT2D eigenvalue weighted by Gasteiger charge is 2.30. The van der Waals surface area contributed by atoms with Gasteiger partial charge in [-0.05, 0) is 56.2 Å². The van der Waals surface area contributed by atoms with Crippen molar-refractivity contribution in [2.75, 3.05) is 13.1 Å². The molecule has 1 fully saturated rings. The van der Waals surface area contributed by atoms with Crippen molar-refractivity contribution >= 4 is 11.6 Å². The molecule has 1 saturated heterocycles. The van der Waals surface area contributed by atoms with Gasteiger partial charge in [-0.25, -0.2) is 0 Å². The number of benzene rings is 1. The molecule has 7 heteroatoms. The molecular formula is C21H21N5O2. The minimum atomic E-state index is -0.596. The quantitative estimate of drug-likeness (QED) is 0.700. The van der Waals surface area contributed by atoms with Gasteiger partial charge in [-0.2, -0.15) is 5.26 Å². The molecule has 0 spiro atoms. The number of carbonyl (C=O) groups excluding carboxylic acids is 1. The Morgan fingerprint density at radius 3 is 2.86 bits per heavy atom. The molecule has 1 aliphatic rings. The first-order valence-corrected chi connectivity index (χ1v) is 9.41. The summed E-state index contributed by atoms with van der Waals surface area (Å²) in [7, 11) is 0. The Labute approximate surface area is 163 Å². The zero-order valence-corrected chi connectivity index (χ0v) is 15.7. The number of pyridine rings is 1. The normalized spacial score (nSPS) is 17.9. The van der Waals surface area contributed by atoms with Gasteiger partial charge in [-0.3, -0.25) is 9.20 Å². The maximum absolute atomic E-state index is 12.9. The molecule has 2 aromatic heterocycles. The largest absolute Gasteiger partial charge is 0.481 e. The summed E-state index contributed by atoms with van der Waals surface area (Å²) in [5.74, 6) is 1.59. The molecule has 4 rings (SSSR count). The Bertz CT molecular complexity index is 1020. The summed E-state index contributed by atoms with van der Waals surface area (Å²) in [4.78, 5) is 14.8. The third kappa shape index (κ3) is 3.54. The first kappa shape index (κ1) is 18.0. The predicted octanol–water partition coefficient (Wildman–Crippen LogP) is 2.77. The molecule has 0 radical (unpaired) electrons. The molecule has 1 aliphatic heterocycles. The Morgan fingerprint density at radius 2 is 2.07 bits per heavy atom. The molecule has 2 unspecified atom stereocenters. The second-order valence-electron chi connectivity index (χ2n) is 7.01. The average molecular weight is 375 g/mol. The molecule has 7 nitrogen and oxygen atoms in total. The second kappa shape index (κ2) is 7.69. The van der Waals surface area contributed by atoms with Gasteiger partial charge in [-0.1, -0.05) is 6.07 Å². The van der Waals surface area contributed by atoms with Crippen LogP contribution in [0.1, 0.15) is 37.1 Å². The van der Waals surface area contributed by atoms with E-state index >= 15 is 0 Å². The SMILES string of the molecule is CC(Oc1ccc(C#N)cc1)C(=O)N1CCCC(c2nnc3ccccn23)C1. The number of amides is 1. The summed E-state index contributed by atoms with van der Waals surface area (Å²) in [6.45, 7) is 3.08. The van der Waals surface area contributed by atoms with E-state index in [1.54, 1.807) is 31.2 Å². The van der Waals surface area contributed by atoms with Crippen molar-refractivity contribution in [3.8, 4) is 11.8 Å². The molecule has 3 heterocycles. The average Bonchev–Trinajstić information content (AvgIpc) is 3.18. The summed E-state index contributed by atoms with van der Waals surface area (Å²) < 4.78 is 7.79. The minimum Gasteiger partial charge on any atom is -0.481 e. The van der Waals surface area contributed by atoms with Crippen LogP contribution in [0.5, 0.6) is 5.75 Å². The molecule has 0 bridgehead atoms. The van der Waals surface area contributed by atoms with Crippen LogP contribution in [0.25, 0.3) is 5.65 Å². The Balaban J connectivity index is 1.44. The van der Waals surface area contributed by atoms with Crippen LogP contribution < -0.4 is 4.74 Å². The van der Waals surface area contributed by atoms with Gasteiger partial charge in [0.1, 0.15) is 11.6 Å². The molecule has 3 aromatic rings. The Kier molecular flexibility index (Phi) is 4.94. The number of ether oxygens (including phenoxy) is 1. The van der Waals surface area contributed by atoms with Crippen LogP contribution in [0, 0.1) is 11.3 Å². The van der Waals surface area contributed by atoms with Crippen LogP contribution in [0.2, 0.25) is 0 Å². The van der Waals surface area contributed by atoms with Crippen LogP contribution in [0.3, 0.4) is 0 Å². The molecule has 0 N–H and O–H groups in total. The number of hydrogen-bond donors (Lipinski definition) is 0. The minimum absolute atomic E-state index is 0.0390. The van der Waals surface area contributed by atoms with Crippen LogP contribution in [0.15, 0.2) is 48.7 Å². The number of aromatic nitrogens is 3. The van der Waals surface area contributed by atoms with Crippen molar-refractivity contribution < 1.29 is 9.53 Å². The molecule has 0 aliphatic carbocycles. The van der Waals surface area contributed by atoms with E-state index in [0.29, 0.717) is 24.4 Å². The summed E-state index contributed by atoms with van der Waals surface area (Å²) in [5, 5.41) is 17.5. The molecular weight excluding hydrogens is 354 g/mol. The van der Waals surface area contributed by atoms with Gasteiger partial charge < -0.3 is 9.64 Å². The van der Waals surface area contributed by atoms with Gasteiger partial charge in [0, 0.05) is 25.2 Å². The van der Waals surface area contributed by atoms with E-state index in [0.717, 1.165) is 24.3 Å². The number of nitrogens with zero attached hydrogens (tertiary/aromatic N) is 5. The van der Waals surface area contributed by atoms with E-state index in [1.807, 2.05) is 33.7 Å². The lowest BCUT2D eigenvalue weighted by Gasteiger charge is -2.33. The summed E-state index contributed by atoms with van der Waals surface area (Å²) in [6.07, 6.45) is 3.26. The van der Waals surface area contributed by atoms with Gasteiger partial charge in [0.2, 0.25) is 0 Å². The number of carbonyl (C=O) groups is 1. The first-order valence-electron chi connectivity index (χ1n) is 9.41. The maximum Gasteiger partial charge on any atom is 0.263 e. The number of hydrogen-bond acceptors (Lipinski definition) is 5. The summed E-state index contributed by atoms with van der Waals surface area (Å²) in [5.41, 5.74) is 1.38. The third-order valence-corrected chi connectivity index (χ3v) is 5.08. The fraction of sp³-hybridized carbons (Fsp3) is 0.333. The predicted molar refractivity (Wildman–Crippen MR) is 103 cm³/mol. The monoisotopic (exact) mass is 375 g/mol. The number of nitriles is 1. The van der Waals surface area contributed by atoms with E-state index in [2.05, 4.69) is 16.3 Å². The Hall–Kier alpha value is -3.40. The van der Waals surface area contributed by atoms with Gasteiger partial charge in [-0.15, -0.1) is 10.2 Å². The highest BCUT2D eigenvalue weighted by molar-refractivity contribution is 5.81. The molecule has 28 heavy (non-hydrogen) atoms. The van der Waals surface area contributed by atoms with E-state index in [1.165, 1.54) is 0 Å². The number of rotatable bonds is 4. The van der Waals surface area contributed by atoms with E-state index in [4.69, 9.17) is 10.00 Å². The van der Waals surface area contributed by atoms with Crippen LogP contribution >= 0.6 is 0 Å². The zero-order valence-electron chi connectivity index (χ0n) is 15.7. The van der Waals surface area contributed by atoms with Crippen molar-refractivity contribution in [2.45, 2.75) is 31.8 Å². The van der Waals surface area contributed by atoms with Gasteiger partial charge in [0.05, 0.1) is 11.6 Å². The van der Waals surface area contributed by atoms with Crippen molar-refractivity contribution in [3.63, 3.8) is 0 Å². The Morgan fingerprint density at radius 1 is 1.25 bits per heavy atom. The number of likely N-dealkylation sites (tertiary alicyclic amines) is 1. The number of piperidine rings is 1. The van der Waals surface area contributed by atoms with Gasteiger partial charge >= 0.3 is 0 Å². The molecule has 2 atom stereocenters. The fourth-order valence-corrected chi connectivity index (χ4v) is 3.65. The van der Waals surface area contributed by atoms with E-state index in [-0.39, 0.29) is 11.8 Å². The van der Waals surface area contributed by atoms with Crippen molar-refractivity contribution in [2.24, 2.45) is 0 Å². The molecule has 0 saturated carbocycles. The summed E-state index contributed by atoms with van der Waals surface area (Å²) >= 11 is 0.